The lowest BCUT2D eigenvalue weighted by atomic mass is 9.43. The van der Waals surface area contributed by atoms with Crippen LogP contribution in [-0.4, -0.2) is 23.3 Å². The zero-order chi connectivity index (χ0) is 16.4. The van der Waals surface area contributed by atoms with Gasteiger partial charge in [0.05, 0.1) is 0 Å². The minimum atomic E-state index is -0.192. The second kappa shape index (κ2) is 5.15. The standard InChI is InChI=1S/C20H30O3/c1-19-8-7-14(22)9-13(19)3-4-15-16-5-6-17(23)20(16,2)10-12(11-21)18(15)19/h12-13,15-16,18,21H,3-11H2,1-2H3/t12-,13?,15+,16+,18+,19+,20+/m1/s1. The molecule has 0 aliphatic heterocycles. The molecule has 0 aromatic rings. The first-order valence-corrected chi connectivity index (χ1v) is 9.56. The highest BCUT2D eigenvalue weighted by molar-refractivity contribution is 5.87. The predicted molar refractivity (Wildman–Crippen MR) is 87.7 cm³/mol. The largest absolute Gasteiger partial charge is 0.396 e. The van der Waals surface area contributed by atoms with Gasteiger partial charge in [-0.1, -0.05) is 13.8 Å². The van der Waals surface area contributed by atoms with Crippen LogP contribution >= 0.6 is 0 Å². The van der Waals surface area contributed by atoms with Crippen LogP contribution in [0.3, 0.4) is 0 Å². The fourth-order valence-corrected chi connectivity index (χ4v) is 7.39. The van der Waals surface area contributed by atoms with Gasteiger partial charge < -0.3 is 5.11 Å². The molecule has 0 radical (unpaired) electrons. The van der Waals surface area contributed by atoms with E-state index in [-0.39, 0.29) is 23.4 Å². The van der Waals surface area contributed by atoms with E-state index in [1.54, 1.807) is 0 Å². The normalized spacial score (nSPS) is 52.7. The molecule has 128 valence electrons. The third-order valence-corrected chi connectivity index (χ3v) is 8.50. The molecule has 1 N–H and O–H groups in total. The van der Waals surface area contributed by atoms with Crippen LogP contribution in [0.15, 0.2) is 0 Å². The number of carbonyl (C=O) groups excluding carboxylic acids is 2. The molecule has 4 saturated carbocycles. The molecular weight excluding hydrogens is 288 g/mol. The van der Waals surface area contributed by atoms with Crippen molar-refractivity contribution < 1.29 is 14.7 Å². The molecule has 4 aliphatic rings. The number of hydrogen-bond donors (Lipinski definition) is 1. The average Bonchev–Trinajstić information content (AvgIpc) is 2.82. The Labute approximate surface area is 139 Å². The summed E-state index contributed by atoms with van der Waals surface area (Å²) in [7, 11) is 0. The van der Waals surface area contributed by atoms with Crippen LogP contribution in [0, 0.1) is 40.4 Å². The Morgan fingerprint density at radius 3 is 2.65 bits per heavy atom. The van der Waals surface area contributed by atoms with Crippen molar-refractivity contribution in [2.24, 2.45) is 40.4 Å². The van der Waals surface area contributed by atoms with E-state index in [1.807, 2.05) is 0 Å². The van der Waals surface area contributed by atoms with Crippen LogP contribution in [0.4, 0.5) is 0 Å². The molecule has 0 bridgehead atoms. The molecule has 0 spiro atoms. The SMILES string of the molecule is C[C@]12CCC(=O)CC1CC[C@@H]1[C@@H]2[C@@H](CO)C[C@]2(C)C(=O)CC[C@@H]12. The minimum absolute atomic E-state index is 0.192. The van der Waals surface area contributed by atoms with Crippen LogP contribution < -0.4 is 0 Å². The van der Waals surface area contributed by atoms with Gasteiger partial charge in [-0.15, -0.1) is 0 Å². The van der Waals surface area contributed by atoms with Crippen LogP contribution in [0.2, 0.25) is 0 Å². The number of ketones is 2. The molecule has 23 heavy (non-hydrogen) atoms. The number of Topliss-reactive ketones (excluding diaryl/α,β-unsaturated/α-hetero) is 2. The minimum Gasteiger partial charge on any atom is -0.396 e. The Morgan fingerprint density at radius 1 is 1.13 bits per heavy atom. The van der Waals surface area contributed by atoms with Gasteiger partial charge in [-0.2, -0.15) is 0 Å². The molecule has 3 nitrogen and oxygen atoms in total. The fraction of sp³-hybridized carbons (Fsp3) is 0.900. The quantitative estimate of drug-likeness (QED) is 0.806. The Hall–Kier alpha value is -0.700. The monoisotopic (exact) mass is 318 g/mol. The fourth-order valence-electron chi connectivity index (χ4n) is 7.39. The van der Waals surface area contributed by atoms with Crippen LogP contribution in [-0.2, 0) is 9.59 Å². The summed E-state index contributed by atoms with van der Waals surface area (Å²) in [5, 5.41) is 10.1. The van der Waals surface area contributed by atoms with Gasteiger partial charge in [0.2, 0.25) is 0 Å². The molecular formula is C20H30O3. The summed E-state index contributed by atoms with van der Waals surface area (Å²) in [6.45, 7) is 4.76. The maximum Gasteiger partial charge on any atom is 0.139 e. The van der Waals surface area contributed by atoms with E-state index in [0.717, 1.165) is 51.4 Å². The number of fused-ring (bicyclic) bond motifs is 5. The lowest BCUT2D eigenvalue weighted by Crippen LogP contribution is -2.57. The molecule has 0 heterocycles. The number of carbonyl (C=O) groups is 2. The number of rotatable bonds is 1. The zero-order valence-corrected chi connectivity index (χ0v) is 14.5. The molecule has 0 saturated heterocycles. The number of aliphatic hydroxyl groups is 1. The third kappa shape index (κ3) is 2.04. The average molecular weight is 318 g/mol. The van der Waals surface area contributed by atoms with Crippen molar-refractivity contribution in [3.63, 3.8) is 0 Å². The first-order chi connectivity index (χ1) is 10.9. The Balaban J connectivity index is 1.72. The number of hydrogen-bond acceptors (Lipinski definition) is 3. The summed E-state index contributed by atoms with van der Waals surface area (Å²) < 4.78 is 0. The van der Waals surface area contributed by atoms with E-state index in [1.165, 1.54) is 0 Å². The summed E-state index contributed by atoms with van der Waals surface area (Å²) >= 11 is 0. The highest BCUT2D eigenvalue weighted by atomic mass is 16.3. The van der Waals surface area contributed by atoms with Crippen molar-refractivity contribution in [1.82, 2.24) is 0 Å². The summed E-state index contributed by atoms with van der Waals surface area (Å²) in [5.41, 5.74) is -0.000558. The second-order valence-electron chi connectivity index (χ2n) is 9.35. The van der Waals surface area contributed by atoms with Crippen molar-refractivity contribution in [3.05, 3.63) is 0 Å². The molecule has 0 aromatic heterocycles. The van der Waals surface area contributed by atoms with Crippen LogP contribution in [0.1, 0.15) is 65.2 Å². The number of aliphatic hydroxyl groups excluding tert-OH is 1. The van der Waals surface area contributed by atoms with E-state index in [2.05, 4.69) is 13.8 Å². The molecule has 4 rings (SSSR count). The van der Waals surface area contributed by atoms with Gasteiger partial charge >= 0.3 is 0 Å². The van der Waals surface area contributed by atoms with E-state index in [4.69, 9.17) is 0 Å². The first-order valence-electron chi connectivity index (χ1n) is 9.56. The van der Waals surface area contributed by atoms with Gasteiger partial charge in [0.1, 0.15) is 11.6 Å². The second-order valence-corrected chi connectivity index (χ2v) is 9.35. The van der Waals surface area contributed by atoms with E-state index in [0.29, 0.717) is 35.2 Å². The van der Waals surface area contributed by atoms with Crippen LogP contribution in [0.25, 0.3) is 0 Å². The van der Waals surface area contributed by atoms with Crippen molar-refractivity contribution in [2.75, 3.05) is 6.61 Å². The van der Waals surface area contributed by atoms with Gasteiger partial charge in [0.25, 0.3) is 0 Å². The molecule has 0 aromatic carbocycles. The van der Waals surface area contributed by atoms with Gasteiger partial charge in [0, 0.05) is 31.3 Å². The smallest absolute Gasteiger partial charge is 0.139 e. The lowest BCUT2D eigenvalue weighted by molar-refractivity contribution is -0.160. The highest BCUT2D eigenvalue weighted by Gasteiger charge is 2.62. The van der Waals surface area contributed by atoms with E-state index < -0.39 is 0 Å². The van der Waals surface area contributed by atoms with Crippen molar-refractivity contribution in [1.29, 1.82) is 0 Å². The van der Waals surface area contributed by atoms with E-state index >= 15 is 0 Å². The molecule has 4 aliphatic carbocycles. The lowest BCUT2D eigenvalue weighted by Gasteiger charge is -2.61. The zero-order valence-electron chi connectivity index (χ0n) is 14.5. The molecule has 7 atom stereocenters. The highest BCUT2D eigenvalue weighted by Crippen LogP contribution is 2.66. The van der Waals surface area contributed by atoms with E-state index in [9.17, 15) is 14.7 Å². The van der Waals surface area contributed by atoms with Crippen molar-refractivity contribution in [2.45, 2.75) is 65.2 Å². The van der Waals surface area contributed by atoms with Gasteiger partial charge in [-0.05, 0) is 67.1 Å². The maximum atomic E-state index is 12.5. The Kier molecular flexibility index (Phi) is 3.54. The molecule has 0 amide bonds. The topological polar surface area (TPSA) is 54.4 Å². The first kappa shape index (κ1) is 15.8. The molecule has 1 unspecified atom stereocenters. The van der Waals surface area contributed by atoms with Crippen molar-refractivity contribution in [3.8, 4) is 0 Å². The summed E-state index contributed by atoms with van der Waals surface area (Å²) in [6.07, 6.45) is 7.41. The van der Waals surface area contributed by atoms with Gasteiger partial charge in [-0.25, -0.2) is 0 Å². The maximum absolute atomic E-state index is 12.5. The molecule has 3 heteroatoms. The predicted octanol–water partition coefficient (Wildman–Crippen LogP) is 3.39. The summed E-state index contributed by atoms with van der Waals surface area (Å²) in [4.78, 5) is 24.5. The summed E-state index contributed by atoms with van der Waals surface area (Å²) in [6, 6.07) is 0. The molecule has 4 fully saturated rings. The van der Waals surface area contributed by atoms with Gasteiger partial charge in [-0.3, -0.25) is 9.59 Å². The van der Waals surface area contributed by atoms with Crippen molar-refractivity contribution >= 4 is 11.6 Å². The Morgan fingerprint density at radius 2 is 1.91 bits per heavy atom. The van der Waals surface area contributed by atoms with Gasteiger partial charge in [0.15, 0.2) is 0 Å². The summed E-state index contributed by atoms with van der Waals surface area (Å²) in [5.74, 6) is 3.20. The Bertz CT molecular complexity index is 541. The van der Waals surface area contributed by atoms with Crippen LogP contribution in [0.5, 0.6) is 0 Å². The third-order valence-electron chi connectivity index (χ3n) is 8.50.